The molecule has 2 atom stereocenters. The number of carbonyl (C=O) groups excluding carboxylic acids is 1. The van der Waals surface area contributed by atoms with E-state index in [0.717, 1.165) is 32.3 Å². The van der Waals surface area contributed by atoms with Gasteiger partial charge in [-0.1, -0.05) is 19.3 Å². The summed E-state index contributed by atoms with van der Waals surface area (Å²) in [5.74, 6) is 0.818. The number of ether oxygens (including phenoxy) is 2. The van der Waals surface area contributed by atoms with Gasteiger partial charge in [-0.05, 0) is 31.6 Å². The van der Waals surface area contributed by atoms with Crippen LogP contribution in [0, 0.1) is 11.8 Å². The lowest BCUT2D eigenvalue weighted by Gasteiger charge is -2.31. The van der Waals surface area contributed by atoms with Gasteiger partial charge in [0, 0.05) is 19.6 Å². The summed E-state index contributed by atoms with van der Waals surface area (Å²) in [5, 5.41) is 0. The number of ketones is 1. The van der Waals surface area contributed by atoms with Crippen LogP contribution in [0.15, 0.2) is 0 Å². The molecule has 1 saturated heterocycles. The maximum absolute atomic E-state index is 12.4. The highest BCUT2D eigenvalue weighted by Gasteiger charge is 2.34. The Labute approximate surface area is 104 Å². The second-order valence-corrected chi connectivity index (χ2v) is 5.37. The first-order valence-electron chi connectivity index (χ1n) is 6.97. The van der Waals surface area contributed by atoms with E-state index in [0.29, 0.717) is 18.3 Å². The van der Waals surface area contributed by atoms with Gasteiger partial charge in [-0.2, -0.15) is 0 Å². The van der Waals surface area contributed by atoms with Crippen molar-refractivity contribution in [3.8, 4) is 0 Å². The average Bonchev–Trinajstić information content (AvgIpc) is 2.42. The molecule has 1 aliphatic heterocycles. The molecule has 2 fully saturated rings. The molecule has 3 nitrogen and oxygen atoms in total. The van der Waals surface area contributed by atoms with Crippen molar-refractivity contribution < 1.29 is 14.3 Å². The minimum Gasteiger partial charge on any atom is -0.381 e. The molecule has 2 rings (SSSR count). The van der Waals surface area contributed by atoms with E-state index < -0.39 is 0 Å². The molecule has 1 aliphatic carbocycles. The van der Waals surface area contributed by atoms with Crippen molar-refractivity contribution >= 4 is 5.78 Å². The molecule has 0 bridgehead atoms. The fourth-order valence-electron chi connectivity index (χ4n) is 3.18. The normalized spacial score (nSPS) is 28.9. The first kappa shape index (κ1) is 13.0. The third-order valence-electron chi connectivity index (χ3n) is 4.18. The van der Waals surface area contributed by atoms with Gasteiger partial charge in [0.1, 0.15) is 6.10 Å². The third kappa shape index (κ3) is 3.29. The molecule has 0 aromatic carbocycles. The zero-order valence-electron chi connectivity index (χ0n) is 10.8. The minimum absolute atomic E-state index is 0.0793. The summed E-state index contributed by atoms with van der Waals surface area (Å²) in [7, 11) is 1.68. The number of methoxy groups -OCH3 is 1. The van der Waals surface area contributed by atoms with Crippen LogP contribution < -0.4 is 0 Å². The van der Waals surface area contributed by atoms with Crippen molar-refractivity contribution in [2.24, 2.45) is 11.8 Å². The Morgan fingerprint density at radius 3 is 2.53 bits per heavy atom. The molecule has 1 saturated carbocycles. The maximum atomic E-state index is 12.4. The molecule has 0 N–H and O–H groups in total. The first-order chi connectivity index (χ1) is 8.33. The molecule has 2 unspecified atom stereocenters. The second-order valence-electron chi connectivity index (χ2n) is 5.37. The van der Waals surface area contributed by atoms with Crippen LogP contribution in [0.5, 0.6) is 0 Å². The van der Waals surface area contributed by atoms with E-state index in [-0.39, 0.29) is 12.0 Å². The van der Waals surface area contributed by atoms with Crippen LogP contribution in [0.1, 0.15) is 44.9 Å². The van der Waals surface area contributed by atoms with Gasteiger partial charge in [0.2, 0.25) is 0 Å². The molecule has 0 aromatic rings. The zero-order chi connectivity index (χ0) is 12.1. The minimum atomic E-state index is -0.179. The number of hydrogen-bond donors (Lipinski definition) is 0. The first-order valence-corrected chi connectivity index (χ1v) is 6.97. The van der Waals surface area contributed by atoms with Crippen LogP contribution in [0.2, 0.25) is 0 Å². The van der Waals surface area contributed by atoms with Crippen LogP contribution >= 0.6 is 0 Å². The van der Waals surface area contributed by atoms with Gasteiger partial charge >= 0.3 is 0 Å². The monoisotopic (exact) mass is 240 g/mol. The number of Topliss-reactive ketones (excluding diaryl/α,β-unsaturated/α-hetero) is 1. The molecule has 3 heteroatoms. The topological polar surface area (TPSA) is 35.5 Å². The molecule has 98 valence electrons. The Kier molecular flexibility index (Phi) is 4.99. The molecule has 2 aliphatic rings. The molecule has 1 heterocycles. The number of carbonyl (C=O) groups is 1. The lowest BCUT2D eigenvalue weighted by Crippen LogP contribution is -2.40. The van der Waals surface area contributed by atoms with Crippen LogP contribution in [0.25, 0.3) is 0 Å². The molecule has 0 aromatic heterocycles. The van der Waals surface area contributed by atoms with Crippen molar-refractivity contribution in [3.63, 3.8) is 0 Å². The lowest BCUT2D eigenvalue weighted by molar-refractivity contribution is -0.141. The smallest absolute Gasteiger partial charge is 0.167 e. The predicted molar refractivity (Wildman–Crippen MR) is 65.9 cm³/mol. The van der Waals surface area contributed by atoms with Gasteiger partial charge in [0.25, 0.3) is 0 Å². The summed E-state index contributed by atoms with van der Waals surface area (Å²) in [4.78, 5) is 12.4. The highest BCUT2D eigenvalue weighted by Crippen LogP contribution is 2.30. The van der Waals surface area contributed by atoms with Crippen molar-refractivity contribution in [2.45, 2.75) is 51.0 Å². The lowest BCUT2D eigenvalue weighted by atomic mass is 9.80. The van der Waals surface area contributed by atoms with Crippen LogP contribution in [0.3, 0.4) is 0 Å². The summed E-state index contributed by atoms with van der Waals surface area (Å²) in [5.41, 5.74) is 0. The van der Waals surface area contributed by atoms with Crippen molar-refractivity contribution in [3.05, 3.63) is 0 Å². The maximum Gasteiger partial charge on any atom is 0.167 e. The van der Waals surface area contributed by atoms with E-state index in [2.05, 4.69) is 0 Å². The van der Waals surface area contributed by atoms with Crippen molar-refractivity contribution in [2.75, 3.05) is 20.3 Å². The Hall–Kier alpha value is -0.410. The fraction of sp³-hybridized carbons (Fsp3) is 0.929. The van der Waals surface area contributed by atoms with Gasteiger partial charge in [-0.3, -0.25) is 4.79 Å². The standard InChI is InChI=1S/C14H24O3/c1-16-14(11-6-3-2-4-7-11)13(15)12-8-5-9-17-10-12/h11-12,14H,2-10H2,1H3. The highest BCUT2D eigenvalue weighted by molar-refractivity contribution is 5.86. The Morgan fingerprint density at radius 2 is 1.94 bits per heavy atom. The fourth-order valence-corrected chi connectivity index (χ4v) is 3.18. The van der Waals surface area contributed by atoms with Crippen molar-refractivity contribution in [1.82, 2.24) is 0 Å². The molecule has 17 heavy (non-hydrogen) atoms. The summed E-state index contributed by atoms with van der Waals surface area (Å²) >= 11 is 0. The van der Waals surface area contributed by atoms with Crippen molar-refractivity contribution in [1.29, 1.82) is 0 Å². The number of hydrogen-bond acceptors (Lipinski definition) is 3. The predicted octanol–water partition coefficient (Wildman–Crippen LogP) is 2.58. The van der Waals surface area contributed by atoms with E-state index in [4.69, 9.17) is 9.47 Å². The summed E-state index contributed by atoms with van der Waals surface area (Å²) in [6.07, 6.45) is 7.92. The molecular formula is C14H24O3. The Balaban J connectivity index is 1.93. The van der Waals surface area contributed by atoms with Gasteiger partial charge in [-0.25, -0.2) is 0 Å². The summed E-state index contributed by atoms with van der Waals surface area (Å²) in [6, 6.07) is 0. The van der Waals surface area contributed by atoms with E-state index in [1.54, 1.807) is 7.11 Å². The van der Waals surface area contributed by atoms with Gasteiger partial charge in [0.05, 0.1) is 6.61 Å². The molecular weight excluding hydrogens is 216 g/mol. The molecule has 0 radical (unpaired) electrons. The van der Waals surface area contributed by atoms with Crippen LogP contribution in [0.4, 0.5) is 0 Å². The van der Waals surface area contributed by atoms with E-state index >= 15 is 0 Å². The van der Waals surface area contributed by atoms with E-state index in [9.17, 15) is 4.79 Å². The van der Waals surface area contributed by atoms with Gasteiger partial charge < -0.3 is 9.47 Å². The molecule has 0 amide bonds. The SMILES string of the molecule is COC(C(=O)C1CCCOC1)C1CCCCC1. The highest BCUT2D eigenvalue weighted by atomic mass is 16.5. The zero-order valence-corrected chi connectivity index (χ0v) is 10.8. The molecule has 0 spiro atoms. The van der Waals surface area contributed by atoms with E-state index in [1.807, 2.05) is 0 Å². The average molecular weight is 240 g/mol. The van der Waals surface area contributed by atoms with E-state index in [1.165, 1.54) is 19.3 Å². The second kappa shape index (κ2) is 6.50. The third-order valence-corrected chi connectivity index (χ3v) is 4.18. The largest absolute Gasteiger partial charge is 0.381 e. The quantitative estimate of drug-likeness (QED) is 0.757. The Morgan fingerprint density at radius 1 is 1.18 bits per heavy atom. The summed E-state index contributed by atoms with van der Waals surface area (Å²) in [6.45, 7) is 1.41. The van der Waals surface area contributed by atoms with Gasteiger partial charge in [-0.15, -0.1) is 0 Å². The summed E-state index contributed by atoms with van der Waals surface area (Å²) < 4.78 is 10.9. The Bertz CT molecular complexity index is 240. The van der Waals surface area contributed by atoms with Crippen LogP contribution in [-0.4, -0.2) is 32.2 Å². The number of rotatable bonds is 4. The van der Waals surface area contributed by atoms with Gasteiger partial charge in [0.15, 0.2) is 5.78 Å². The van der Waals surface area contributed by atoms with Crippen LogP contribution in [-0.2, 0) is 14.3 Å².